The number of rotatable bonds is 7. The zero-order valence-corrected chi connectivity index (χ0v) is 19.2. The van der Waals surface area contributed by atoms with Crippen molar-refractivity contribution in [1.29, 1.82) is 0 Å². The molecule has 156 valence electrons. The fraction of sp³-hybridized carbons (Fsp3) is 0.440. The van der Waals surface area contributed by atoms with Crippen LogP contribution in [0.4, 0.5) is 0 Å². The van der Waals surface area contributed by atoms with E-state index in [1.807, 2.05) is 42.5 Å². The predicted octanol–water partition coefficient (Wildman–Crippen LogP) is 6.14. The third-order valence-corrected chi connectivity index (χ3v) is 7.58. The van der Waals surface area contributed by atoms with Gasteiger partial charge >= 0.3 is 0 Å². The van der Waals surface area contributed by atoms with Crippen LogP contribution in [0.1, 0.15) is 81.5 Å². The Morgan fingerprint density at radius 2 is 1.45 bits per heavy atom. The molecule has 3 nitrogen and oxygen atoms in total. The molecule has 0 bridgehead atoms. The van der Waals surface area contributed by atoms with Crippen molar-refractivity contribution in [3.05, 3.63) is 70.8 Å². The molecule has 29 heavy (non-hydrogen) atoms. The zero-order chi connectivity index (χ0) is 21.3. The van der Waals surface area contributed by atoms with Gasteiger partial charge in [0, 0.05) is 6.54 Å². The Labute approximate surface area is 176 Å². The molecule has 1 aliphatic heterocycles. The Morgan fingerprint density at radius 1 is 0.897 bits per heavy atom. The summed E-state index contributed by atoms with van der Waals surface area (Å²) >= 11 is 0. The van der Waals surface area contributed by atoms with E-state index in [2.05, 4.69) is 53.7 Å². The lowest BCUT2D eigenvalue weighted by Gasteiger charge is -2.23. The van der Waals surface area contributed by atoms with Crippen molar-refractivity contribution in [3.63, 3.8) is 0 Å². The van der Waals surface area contributed by atoms with Crippen molar-refractivity contribution in [1.82, 2.24) is 4.31 Å². The summed E-state index contributed by atoms with van der Waals surface area (Å²) in [5.41, 5.74) is 4.18. The van der Waals surface area contributed by atoms with Crippen molar-refractivity contribution in [3.8, 4) is 0 Å². The van der Waals surface area contributed by atoms with Crippen LogP contribution in [0, 0.1) is 0 Å². The first-order chi connectivity index (χ1) is 13.6. The minimum Gasteiger partial charge on any atom is -0.207 e. The van der Waals surface area contributed by atoms with Gasteiger partial charge in [-0.05, 0) is 40.0 Å². The Kier molecular flexibility index (Phi) is 6.35. The standard InChI is InChI=1S/C25H33NO2S/c1-17(2)21-14-23(18(3)4)25(24(15-21)19(5)6)29(27,28)26-16-22(26)13-12-20-10-8-7-9-11-20/h7-15,17-19,22H,16H2,1-6H3/b13-12+/t22-,26?/m1/s1. The molecule has 2 aromatic rings. The SMILES string of the molecule is CC(C)c1cc(C(C)C)c(S(=O)(=O)N2C[C@H]2/C=C/c2ccccc2)c(C(C)C)c1. The van der Waals surface area contributed by atoms with Crippen molar-refractivity contribution in [2.45, 2.75) is 70.2 Å². The van der Waals surface area contributed by atoms with E-state index in [-0.39, 0.29) is 17.9 Å². The molecule has 1 heterocycles. The zero-order valence-electron chi connectivity index (χ0n) is 18.4. The Balaban J connectivity index is 1.99. The first-order valence-electron chi connectivity index (χ1n) is 10.6. The smallest absolute Gasteiger partial charge is 0.207 e. The first-order valence-corrected chi connectivity index (χ1v) is 12.0. The second-order valence-electron chi connectivity index (χ2n) is 8.90. The highest BCUT2D eigenvalue weighted by Gasteiger charge is 2.45. The minimum atomic E-state index is -3.53. The average Bonchev–Trinajstić information content (AvgIpc) is 3.46. The molecular weight excluding hydrogens is 378 g/mol. The van der Waals surface area contributed by atoms with Gasteiger partial charge in [0.05, 0.1) is 10.9 Å². The molecule has 0 saturated carbocycles. The monoisotopic (exact) mass is 411 g/mol. The van der Waals surface area contributed by atoms with Crippen LogP contribution in [-0.2, 0) is 10.0 Å². The number of hydrogen-bond acceptors (Lipinski definition) is 2. The summed E-state index contributed by atoms with van der Waals surface area (Å²) in [6.45, 7) is 13.2. The maximum atomic E-state index is 13.6. The van der Waals surface area contributed by atoms with Crippen LogP contribution in [0.5, 0.6) is 0 Å². The van der Waals surface area contributed by atoms with Crippen LogP contribution < -0.4 is 0 Å². The van der Waals surface area contributed by atoms with Gasteiger partial charge in [-0.15, -0.1) is 0 Å². The highest BCUT2D eigenvalue weighted by molar-refractivity contribution is 7.89. The quantitative estimate of drug-likeness (QED) is 0.513. The summed E-state index contributed by atoms with van der Waals surface area (Å²) in [6.07, 6.45) is 4.01. The fourth-order valence-electron chi connectivity index (χ4n) is 3.66. The summed E-state index contributed by atoms with van der Waals surface area (Å²) in [4.78, 5) is 0.530. The van der Waals surface area contributed by atoms with Gasteiger partial charge in [-0.25, -0.2) is 8.42 Å². The first kappa shape index (κ1) is 21.8. The molecule has 0 spiro atoms. The van der Waals surface area contributed by atoms with E-state index < -0.39 is 10.0 Å². The summed E-state index contributed by atoms with van der Waals surface area (Å²) in [6, 6.07) is 14.1. The topological polar surface area (TPSA) is 37.1 Å². The second kappa shape index (κ2) is 8.45. The van der Waals surface area contributed by atoms with Crippen LogP contribution in [0.15, 0.2) is 53.4 Å². The Morgan fingerprint density at radius 3 is 1.93 bits per heavy atom. The van der Waals surface area contributed by atoms with E-state index in [0.29, 0.717) is 17.4 Å². The molecule has 2 atom stereocenters. The third-order valence-electron chi connectivity index (χ3n) is 5.56. The van der Waals surface area contributed by atoms with Crippen LogP contribution in [0.25, 0.3) is 6.08 Å². The molecular formula is C25H33NO2S. The summed E-state index contributed by atoms with van der Waals surface area (Å²) < 4.78 is 28.9. The Bertz CT molecular complexity index is 960. The third kappa shape index (κ3) is 4.65. The molecule has 1 fully saturated rings. The largest absolute Gasteiger partial charge is 0.244 e. The minimum absolute atomic E-state index is 0.0648. The second-order valence-corrected chi connectivity index (χ2v) is 10.7. The maximum absolute atomic E-state index is 13.6. The van der Waals surface area contributed by atoms with Gasteiger partial charge in [-0.3, -0.25) is 0 Å². The van der Waals surface area contributed by atoms with Gasteiger partial charge < -0.3 is 0 Å². The highest BCUT2D eigenvalue weighted by atomic mass is 32.2. The predicted molar refractivity (Wildman–Crippen MR) is 122 cm³/mol. The summed E-state index contributed by atoms with van der Waals surface area (Å²) in [7, 11) is -3.53. The highest BCUT2D eigenvalue weighted by Crippen LogP contribution is 2.39. The summed E-state index contributed by atoms with van der Waals surface area (Å²) in [5.74, 6) is 0.660. The number of nitrogens with zero attached hydrogens (tertiary/aromatic N) is 1. The molecule has 4 heteroatoms. The number of sulfonamides is 1. The van der Waals surface area contributed by atoms with E-state index in [1.165, 1.54) is 5.56 Å². The van der Waals surface area contributed by atoms with E-state index in [9.17, 15) is 8.42 Å². The lowest BCUT2D eigenvalue weighted by Crippen LogP contribution is -2.20. The van der Waals surface area contributed by atoms with E-state index in [4.69, 9.17) is 0 Å². The van der Waals surface area contributed by atoms with Crippen LogP contribution in [0.3, 0.4) is 0 Å². The van der Waals surface area contributed by atoms with Crippen molar-refractivity contribution in [2.24, 2.45) is 0 Å². The Hall–Kier alpha value is -1.91. The molecule has 0 amide bonds. The molecule has 0 aromatic heterocycles. The van der Waals surface area contributed by atoms with E-state index in [1.54, 1.807) is 4.31 Å². The van der Waals surface area contributed by atoms with Crippen LogP contribution >= 0.6 is 0 Å². The number of benzene rings is 2. The van der Waals surface area contributed by atoms with Gasteiger partial charge in [-0.1, -0.05) is 96.2 Å². The number of hydrogen-bond donors (Lipinski definition) is 0. The van der Waals surface area contributed by atoms with Crippen LogP contribution in [-0.4, -0.2) is 25.3 Å². The van der Waals surface area contributed by atoms with Gasteiger partial charge in [0.25, 0.3) is 0 Å². The van der Waals surface area contributed by atoms with Crippen molar-refractivity contribution in [2.75, 3.05) is 6.54 Å². The lowest BCUT2D eigenvalue weighted by molar-refractivity contribution is 0.553. The molecule has 1 saturated heterocycles. The van der Waals surface area contributed by atoms with Crippen LogP contribution in [0.2, 0.25) is 0 Å². The van der Waals surface area contributed by atoms with Gasteiger partial charge in [0.15, 0.2) is 0 Å². The lowest BCUT2D eigenvalue weighted by atomic mass is 9.89. The van der Waals surface area contributed by atoms with Crippen molar-refractivity contribution >= 4 is 16.1 Å². The molecule has 1 aliphatic rings. The molecule has 0 aliphatic carbocycles. The van der Waals surface area contributed by atoms with Gasteiger partial charge in [0.1, 0.15) is 0 Å². The molecule has 0 radical (unpaired) electrons. The van der Waals surface area contributed by atoms with Crippen molar-refractivity contribution < 1.29 is 8.42 Å². The molecule has 1 unspecified atom stereocenters. The van der Waals surface area contributed by atoms with E-state index >= 15 is 0 Å². The van der Waals surface area contributed by atoms with Gasteiger partial charge in [-0.2, -0.15) is 4.31 Å². The maximum Gasteiger partial charge on any atom is 0.244 e. The molecule has 2 aromatic carbocycles. The summed E-state index contributed by atoms with van der Waals surface area (Å²) in [5, 5.41) is 0. The molecule has 0 N–H and O–H groups in total. The van der Waals surface area contributed by atoms with E-state index in [0.717, 1.165) is 16.7 Å². The fourth-order valence-corrected chi connectivity index (χ4v) is 5.86. The van der Waals surface area contributed by atoms with Gasteiger partial charge in [0.2, 0.25) is 10.0 Å². The average molecular weight is 412 g/mol. The normalized spacial score (nSPS) is 19.6. The molecule has 3 rings (SSSR count).